The van der Waals surface area contributed by atoms with Gasteiger partial charge in [0.25, 0.3) is 0 Å². The number of amides is 1. The van der Waals surface area contributed by atoms with E-state index in [2.05, 4.69) is 22.5 Å². The fourth-order valence-electron chi connectivity index (χ4n) is 1.85. The Morgan fingerprint density at radius 1 is 1.45 bits per heavy atom. The fourth-order valence-corrected chi connectivity index (χ4v) is 1.85. The first-order valence-electron chi connectivity index (χ1n) is 7.42. The summed E-state index contributed by atoms with van der Waals surface area (Å²) in [5.74, 6) is 0.830. The molecule has 116 valence electrons. The maximum atomic E-state index is 12.1. The maximum Gasteiger partial charge on any atom is 0.410 e. The van der Waals surface area contributed by atoms with Gasteiger partial charge in [-0.2, -0.15) is 0 Å². The summed E-state index contributed by atoms with van der Waals surface area (Å²) in [5.41, 5.74) is -0.453. The molecule has 6 heteroatoms. The highest BCUT2D eigenvalue weighted by molar-refractivity contribution is 5.80. The average molecular weight is 284 g/mol. The van der Waals surface area contributed by atoms with Crippen molar-refractivity contribution in [2.45, 2.75) is 46.1 Å². The second-order valence-electron chi connectivity index (χ2n) is 5.90. The second kappa shape index (κ2) is 7.97. The highest BCUT2D eigenvalue weighted by Crippen LogP contribution is 2.10. The molecule has 1 heterocycles. The monoisotopic (exact) mass is 284 g/mol. The third-order valence-corrected chi connectivity index (χ3v) is 2.72. The molecule has 20 heavy (non-hydrogen) atoms. The summed E-state index contributed by atoms with van der Waals surface area (Å²) in [6.45, 7) is 11.5. The molecule has 0 fully saturated rings. The van der Waals surface area contributed by atoms with E-state index >= 15 is 0 Å². The standard InChI is InChI=1S/C14H28N4O2/c1-5-10-18(13(19)20-14(2,3)4)11-9-17-12-15-7-6-8-16-12/h5-11H2,1-4H3,(H2,15,16,17). The van der Waals surface area contributed by atoms with E-state index in [4.69, 9.17) is 4.74 Å². The number of rotatable bonds is 5. The number of guanidine groups is 1. The van der Waals surface area contributed by atoms with Crippen LogP contribution in [0.3, 0.4) is 0 Å². The minimum absolute atomic E-state index is 0.250. The highest BCUT2D eigenvalue weighted by atomic mass is 16.6. The van der Waals surface area contributed by atoms with Crippen LogP contribution in [0.1, 0.15) is 40.5 Å². The molecule has 0 saturated carbocycles. The van der Waals surface area contributed by atoms with Gasteiger partial charge in [-0.15, -0.1) is 0 Å². The summed E-state index contributed by atoms with van der Waals surface area (Å²) in [7, 11) is 0. The summed E-state index contributed by atoms with van der Waals surface area (Å²) < 4.78 is 5.41. The van der Waals surface area contributed by atoms with Gasteiger partial charge in [0.2, 0.25) is 0 Å². The minimum Gasteiger partial charge on any atom is -0.444 e. The first-order chi connectivity index (χ1) is 9.42. The van der Waals surface area contributed by atoms with Gasteiger partial charge in [0.1, 0.15) is 5.60 Å². The topological polar surface area (TPSA) is 66.0 Å². The number of carbonyl (C=O) groups excluding carboxylic acids is 1. The lowest BCUT2D eigenvalue weighted by Crippen LogP contribution is -2.46. The molecule has 1 amide bonds. The number of carbonyl (C=O) groups is 1. The van der Waals surface area contributed by atoms with E-state index in [-0.39, 0.29) is 6.09 Å². The number of hydrogen-bond acceptors (Lipinski definition) is 5. The molecule has 0 radical (unpaired) electrons. The van der Waals surface area contributed by atoms with Crippen molar-refractivity contribution in [3.8, 4) is 0 Å². The molecule has 0 aromatic carbocycles. The van der Waals surface area contributed by atoms with Gasteiger partial charge in [-0.25, -0.2) is 4.79 Å². The highest BCUT2D eigenvalue weighted by Gasteiger charge is 2.21. The van der Waals surface area contributed by atoms with Crippen molar-refractivity contribution in [3.63, 3.8) is 0 Å². The molecule has 1 aliphatic heterocycles. The van der Waals surface area contributed by atoms with Crippen LogP contribution in [0.15, 0.2) is 4.99 Å². The van der Waals surface area contributed by atoms with Crippen molar-refractivity contribution < 1.29 is 9.53 Å². The molecular formula is C14H28N4O2. The Morgan fingerprint density at radius 2 is 2.20 bits per heavy atom. The number of ether oxygens (including phenoxy) is 1. The van der Waals surface area contributed by atoms with Crippen LogP contribution in [0.25, 0.3) is 0 Å². The van der Waals surface area contributed by atoms with Crippen LogP contribution >= 0.6 is 0 Å². The Labute approximate surface area is 122 Å². The molecule has 0 saturated heterocycles. The molecule has 2 N–H and O–H groups in total. The molecule has 6 nitrogen and oxygen atoms in total. The van der Waals surface area contributed by atoms with E-state index in [1.807, 2.05) is 20.8 Å². The Kier molecular flexibility index (Phi) is 6.61. The predicted octanol–water partition coefficient (Wildman–Crippen LogP) is 1.57. The molecular weight excluding hydrogens is 256 g/mol. The Hall–Kier alpha value is -1.46. The largest absolute Gasteiger partial charge is 0.444 e. The molecule has 0 unspecified atom stereocenters. The van der Waals surface area contributed by atoms with Gasteiger partial charge in [0.05, 0.1) is 0 Å². The first kappa shape index (κ1) is 16.6. The normalized spacial score (nSPS) is 15.1. The van der Waals surface area contributed by atoms with Crippen molar-refractivity contribution in [1.29, 1.82) is 0 Å². The molecule has 0 spiro atoms. The summed E-state index contributed by atoms with van der Waals surface area (Å²) in [4.78, 5) is 18.1. The predicted molar refractivity (Wildman–Crippen MR) is 81.0 cm³/mol. The smallest absolute Gasteiger partial charge is 0.410 e. The molecule has 1 rings (SSSR count). The number of nitrogens with zero attached hydrogens (tertiary/aromatic N) is 2. The summed E-state index contributed by atoms with van der Waals surface area (Å²) in [6.07, 6.45) is 1.74. The van der Waals surface area contributed by atoms with E-state index in [1.54, 1.807) is 4.90 Å². The Morgan fingerprint density at radius 3 is 2.75 bits per heavy atom. The molecule has 0 aliphatic carbocycles. The number of aliphatic imine (C=N–C) groups is 1. The summed E-state index contributed by atoms with van der Waals surface area (Å²) in [6, 6.07) is 0. The van der Waals surface area contributed by atoms with Crippen LogP contribution in [-0.2, 0) is 4.74 Å². The van der Waals surface area contributed by atoms with Crippen molar-refractivity contribution in [3.05, 3.63) is 0 Å². The maximum absolute atomic E-state index is 12.1. The van der Waals surface area contributed by atoms with E-state index < -0.39 is 5.60 Å². The Balaban J connectivity index is 2.38. The zero-order chi connectivity index (χ0) is 15.0. The Bertz CT molecular complexity index is 337. The zero-order valence-corrected chi connectivity index (χ0v) is 13.2. The first-order valence-corrected chi connectivity index (χ1v) is 7.42. The van der Waals surface area contributed by atoms with E-state index in [0.29, 0.717) is 19.6 Å². The minimum atomic E-state index is -0.453. The summed E-state index contributed by atoms with van der Waals surface area (Å²) in [5, 5.41) is 6.41. The second-order valence-corrected chi connectivity index (χ2v) is 5.90. The molecule has 1 aliphatic rings. The molecule has 0 atom stereocenters. The average Bonchev–Trinajstić information content (AvgIpc) is 2.37. The lowest BCUT2D eigenvalue weighted by molar-refractivity contribution is 0.0253. The zero-order valence-electron chi connectivity index (χ0n) is 13.2. The SMILES string of the molecule is CCCN(CCNC1=NCCCN1)C(=O)OC(C)(C)C. The van der Waals surface area contributed by atoms with Gasteiger partial charge in [0.15, 0.2) is 5.96 Å². The summed E-state index contributed by atoms with van der Waals surface area (Å²) >= 11 is 0. The third-order valence-electron chi connectivity index (χ3n) is 2.72. The lowest BCUT2D eigenvalue weighted by atomic mass is 10.2. The van der Waals surface area contributed by atoms with Gasteiger partial charge in [-0.1, -0.05) is 6.92 Å². The van der Waals surface area contributed by atoms with Crippen molar-refractivity contribution in [2.75, 3.05) is 32.7 Å². The molecule has 0 bridgehead atoms. The van der Waals surface area contributed by atoms with Gasteiger partial charge in [-0.3, -0.25) is 4.99 Å². The van der Waals surface area contributed by atoms with Crippen LogP contribution in [0.4, 0.5) is 4.79 Å². The van der Waals surface area contributed by atoms with Crippen molar-refractivity contribution in [2.24, 2.45) is 4.99 Å². The van der Waals surface area contributed by atoms with E-state index in [0.717, 1.165) is 31.9 Å². The van der Waals surface area contributed by atoms with Crippen molar-refractivity contribution >= 4 is 12.1 Å². The molecule has 0 aromatic rings. The van der Waals surface area contributed by atoms with Gasteiger partial charge < -0.3 is 20.3 Å². The number of nitrogens with one attached hydrogen (secondary N) is 2. The third kappa shape index (κ3) is 6.63. The van der Waals surface area contributed by atoms with Crippen LogP contribution < -0.4 is 10.6 Å². The van der Waals surface area contributed by atoms with Crippen LogP contribution in [-0.4, -0.2) is 55.3 Å². The van der Waals surface area contributed by atoms with Crippen LogP contribution in [0, 0.1) is 0 Å². The van der Waals surface area contributed by atoms with E-state index in [1.165, 1.54) is 0 Å². The van der Waals surface area contributed by atoms with Gasteiger partial charge in [0, 0.05) is 32.7 Å². The van der Waals surface area contributed by atoms with Crippen LogP contribution in [0.2, 0.25) is 0 Å². The lowest BCUT2D eigenvalue weighted by Gasteiger charge is -2.27. The quantitative estimate of drug-likeness (QED) is 0.804. The van der Waals surface area contributed by atoms with Crippen molar-refractivity contribution in [1.82, 2.24) is 15.5 Å². The number of hydrogen-bond donors (Lipinski definition) is 2. The van der Waals surface area contributed by atoms with Gasteiger partial charge in [-0.05, 0) is 33.6 Å². The fraction of sp³-hybridized carbons (Fsp3) is 0.857. The van der Waals surface area contributed by atoms with Gasteiger partial charge >= 0.3 is 6.09 Å². The molecule has 0 aromatic heterocycles. The van der Waals surface area contributed by atoms with E-state index in [9.17, 15) is 4.79 Å². The van der Waals surface area contributed by atoms with Crippen LogP contribution in [0.5, 0.6) is 0 Å².